The number of amides is 1. The molecule has 1 aliphatic rings. The predicted octanol–water partition coefficient (Wildman–Crippen LogP) is 4.36. The SMILES string of the molecule is O=C(C=C1CCCN([SH+](=O)c2ccc(OC(F)(F)F)cc2)C1)Nc1ccc(F)cc1. The molecule has 1 heterocycles. The Balaban J connectivity index is 1.62. The van der Waals surface area contributed by atoms with E-state index in [9.17, 15) is 26.6 Å². The molecule has 160 valence electrons. The molecule has 3 rings (SSSR count). The van der Waals surface area contributed by atoms with Crippen molar-refractivity contribution in [2.75, 3.05) is 18.4 Å². The normalized spacial score (nSPS) is 17.5. The number of anilines is 1. The van der Waals surface area contributed by atoms with Gasteiger partial charge in [0.15, 0.2) is 15.9 Å². The minimum atomic E-state index is -4.79. The molecule has 1 aliphatic heterocycles. The second-order valence-corrected chi connectivity index (χ2v) is 8.23. The zero-order valence-electron chi connectivity index (χ0n) is 15.7. The van der Waals surface area contributed by atoms with Crippen molar-refractivity contribution >= 4 is 22.6 Å². The first-order valence-corrected chi connectivity index (χ1v) is 10.2. The fourth-order valence-corrected chi connectivity index (χ4v) is 4.35. The Labute approximate surface area is 172 Å². The molecular weight excluding hydrogens is 424 g/mol. The van der Waals surface area contributed by atoms with Crippen LogP contribution in [0.4, 0.5) is 23.2 Å². The number of thiol groups is 1. The van der Waals surface area contributed by atoms with Gasteiger partial charge in [-0.1, -0.05) is 4.21 Å². The van der Waals surface area contributed by atoms with Gasteiger partial charge < -0.3 is 10.1 Å². The monoisotopic (exact) mass is 443 g/mol. The van der Waals surface area contributed by atoms with Gasteiger partial charge in [0.25, 0.3) is 0 Å². The zero-order valence-corrected chi connectivity index (χ0v) is 16.6. The smallest absolute Gasteiger partial charge is 0.406 e. The van der Waals surface area contributed by atoms with E-state index < -0.39 is 23.2 Å². The third kappa shape index (κ3) is 6.39. The second-order valence-electron chi connectivity index (χ2n) is 6.61. The molecule has 0 aliphatic carbocycles. The van der Waals surface area contributed by atoms with Crippen LogP contribution in [0.1, 0.15) is 12.8 Å². The zero-order chi connectivity index (χ0) is 21.7. The molecule has 1 fully saturated rings. The fourth-order valence-electron chi connectivity index (χ4n) is 2.99. The van der Waals surface area contributed by atoms with Crippen LogP contribution in [0.15, 0.2) is 65.1 Å². The number of rotatable bonds is 5. The van der Waals surface area contributed by atoms with E-state index in [-0.39, 0.29) is 11.7 Å². The first kappa shape index (κ1) is 22.0. The van der Waals surface area contributed by atoms with E-state index in [2.05, 4.69) is 10.1 Å². The molecule has 1 N–H and O–H groups in total. The Hall–Kier alpha value is -2.72. The Morgan fingerprint density at radius 3 is 2.40 bits per heavy atom. The number of hydrogen-bond acceptors (Lipinski definition) is 3. The summed E-state index contributed by atoms with van der Waals surface area (Å²) in [6.45, 7) is 0.833. The molecule has 0 spiro atoms. The van der Waals surface area contributed by atoms with Crippen LogP contribution >= 0.6 is 0 Å². The minimum Gasteiger partial charge on any atom is -0.406 e. The summed E-state index contributed by atoms with van der Waals surface area (Å²) >= 11 is 0. The molecule has 0 saturated carbocycles. The third-order valence-corrected chi connectivity index (χ3v) is 5.89. The summed E-state index contributed by atoms with van der Waals surface area (Å²) in [6, 6.07) is 10.3. The predicted molar refractivity (Wildman–Crippen MR) is 105 cm³/mol. The average Bonchev–Trinajstić information content (AvgIpc) is 2.69. The van der Waals surface area contributed by atoms with Gasteiger partial charge in [0.05, 0.1) is 6.54 Å². The van der Waals surface area contributed by atoms with Crippen molar-refractivity contribution in [3.63, 3.8) is 0 Å². The molecule has 0 radical (unpaired) electrons. The van der Waals surface area contributed by atoms with E-state index in [1.165, 1.54) is 42.5 Å². The van der Waals surface area contributed by atoms with Crippen molar-refractivity contribution in [1.29, 1.82) is 0 Å². The average molecular weight is 443 g/mol. The molecular formula is C20H19F4N2O3S+. The van der Waals surface area contributed by atoms with Crippen LogP contribution in [0.3, 0.4) is 0 Å². The summed E-state index contributed by atoms with van der Waals surface area (Å²) in [7, 11) is -2.01. The van der Waals surface area contributed by atoms with Gasteiger partial charge in [-0.15, -0.1) is 17.5 Å². The molecule has 1 saturated heterocycles. The first-order valence-electron chi connectivity index (χ1n) is 9.03. The van der Waals surface area contributed by atoms with Gasteiger partial charge >= 0.3 is 6.36 Å². The minimum absolute atomic E-state index is 0.298. The molecule has 1 unspecified atom stereocenters. The molecule has 1 atom stereocenters. The van der Waals surface area contributed by atoms with E-state index in [0.29, 0.717) is 36.5 Å². The van der Waals surface area contributed by atoms with Gasteiger partial charge in [-0.25, -0.2) is 4.39 Å². The van der Waals surface area contributed by atoms with E-state index in [4.69, 9.17) is 0 Å². The van der Waals surface area contributed by atoms with Gasteiger partial charge in [0.1, 0.15) is 11.6 Å². The summed E-state index contributed by atoms with van der Waals surface area (Å²) in [5.41, 5.74) is 1.24. The van der Waals surface area contributed by atoms with Crippen molar-refractivity contribution in [3.05, 3.63) is 66.0 Å². The van der Waals surface area contributed by atoms with E-state index in [1.807, 2.05) is 0 Å². The Morgan fingerprint density at radius 2 is 1.77 bits per heavy atom. The molecule has 5 nitrogen and oxygen atoms in total. The lowest BCUT2D eigenvalue weighted by atomic mass is 10.1. The number of hydrogen-bond donors (Lipinski definition) is 1. The van der Waals surface area contributed by atoms with E-state index in [0.717, 1.165) is 17.7 Å². The highest BCUT2D eigenvalue weighted by Gasteiger charge is 2.31. The fraction of sp³-hybridized carbons (Fsp3) is 0.250. The lowest BCUT2D eigenvalue weighted by molar-refractivity contribution is -0.274. The molecule has 2 aromatic carbocycles. The highest BCUT2D eigenvalue weighted by atomic mass is 32.2. The number of benzene rings is 2. The number of ether oxygens (including phenoxy) is 1. The van der Waals surface area contributed by atoms with Gasteiger partial charge in [0, 0.05) is 18.3 Å². The maximum atomic E-state index is 12.9. The summed E-state index contributed by atoms with van der Waals surface area (Å²) in [5.74, 6) is -1.16. The van der Waals surface area contributed by atoms with Crippen LogP contribution in [0.2, 0.25) is 0 Å². The maximum Gasteiger partial charge on any atom is 0.573 e. The summed E-state index contributed by atoms with van der Waals surface area (Å²) in [5, 5.41) is 2.64. The largest absolute Gasteiger partial charge is 0.573 e. The van der Waals surface area contributed by atoms with Crippen LogP contribution in [-0.2, 0) is 20.0 Å². The van der Waals surface area contributed by atoms with Gasteiger partial charge in [0.2, 0.25) is 5.91 Å². The maximum absolute atomic E-state index is 12.9. The Morgan fingerprint density at radius 1 is 1.10 bits per heavy atom. The second kappa shape index (κ2) is 9.40. The number of carbonyl (C=O) groups excluding carboxylic acids is 1. The van der Waals surface area contributed by atoms with Crippen LogP contribution in [0, 0.1) is 5.82 Å². The molecule has 10 heteroatoms. The van der Waals surface area contributed by atoms with Crippen LogP contribution < -0.4 is 10.1 Å². The number of nitrogens with zero attached hydrogens (tertiary/aromatic N) is 1. The van der Waals surface area contributed by atoms with Crippen molar-refractivity contribution < 1.29 is 31.3 Å². The van der Waals surface area contributed by atoms with Crippen molar-refractivity contribution in [3.8, 4) is 5.75 Å². The number of nitrogens with one attached hydrogen (secondary N) is 1. The van der Waals surface area contributed by atoms with Crippen molar-refractivity contribution in [2.24, 2.45) is 0 Å². The summed E-state index contributed by atoms with van der Waals surface area (Å²) in [4.78, 5) is 12.6. The van der Waals surface area contributed by atoms with E-state index in [1.54, 1.807) is 4.31 Å². The quantitative estimate of drug-likeness (QED) is 0.324. The van der Waals surface area contributed by atoms with Gasteiger partial charge in [-0.3, -0.25) is 4.79 Å². The highest BCUT2D eigenvalue weighted by molar-refractivity contribution is 7.82. The first-order chi connectivity index (χ1) is 14.2. The Kier molecular flexibility index (Phi) is 6.88. The summed E-state index contributed by atoms with van der Waals surface area (Å²) < 4.78 is 68.0. The topological polar surface area (TPSA) is 58.6 Å². The number of carbonyl (C=O) groups is 1. The number of alkyl halides is 3. The lowest BCUT2D eigenvalue weighted by Crippen LogP contribution is -2.33. The third-order valence-electron chi connectivity index (χ3n) is 4.29. The van der Waals surface area contributed by atoms with Gasteiger partial charge in [-0.05, 0) is 66.9 Å². The van der Waals surface area contributed by atoms with Crippen LogP contribution in [0.5, 0.6) is 5.75 Å². The van der Waals surface area contributed by atoms with Crippen LogP contribution in [0.25, 0.3) is 0 Å². The Bertz CT molecular complexity index is 944. The molecule has 0 aromatic heterocycles. The van der Waals surface area contributed by atoms with E-state index >= 15 is 0 Å². The van der Waals surface area contributed by atoms with Gasteiger partial charge in [-0.2, -0.15) is 0 Å². The number of halogens is 4. The number of piperidine rings is 1. The lowest BCUT2D eigenvalue weighted by Gasteiger charge is -2.22. The molecule has 1 amide bonds. The molecule has 0 bridgehead atoms. The van der Waals surface area contributed by atoms with Crippen LogP contribution in [-0.4, -0.2) is 29.7 Å². The van der Waals surface area contributed by atoms with Crippen molar-refractivity contribution in [1.82, 2.24) is 4.31 Å². The van der Waals surface area contributed by atoms with Crippen molar-refractivity contribution in [2.45, 2.75) is 24.1 Å². The summed E-state index contributed by atoms with van der Waals surface area (Å²) in [6.07, 6.45) is -2.01. The molecule has 2 aromatic rings. The molecule has 30 heavy (non-hydrogen) atoms. The standard InChI is InChI=1S/C20H18F4N2O3S/c21-15-3-5-16(6-4-15)25-19(27)12-14-2-1-11-26(13-14)30(28)18-9-7-17(8-10-18)29-20(22,23)24/h3-10,12H,1-2,11,13H2,(H,25,27)/p+1. The highest BCUT2D eigenvalue weighted by Crippen LogP contribution is 2.26.